The summed E-state index contributed by atoms with van der Waals surface area (Å²) in [5.41, 5.74) is 0. The van der Waals surface area contributed by atoms with Gasteiger partial charge in [-0.2, -0.15) is 0 Å². The Kier molecular flexibility index (Phi) is 13.8. The van der Waals surface area contributed by atoms with E-state index in [1.54, 1.807) is 0 Å². The molecule has 1 aliphatic carbocycles. The number of ether oxygens (including phenoxy) is 1. The Hall–Kier alpha value is -1.20. The van der Waals surface area contributed by atoms with Crippen LogP contribution in [0.2, 0.25) is 18.1 Å². The Bertz CT molecular complexity index is 702. The molecule has 1 saturated carbocycles. The van der Waals surface area contributed by atoms with E-state index in [1.165, 1.54) is 19.3 Å². The predicted octanol–water partition coefficient (Wildman–Crippen LogP) is 8.42. The van der Waals surface area contributed by atoms with Gasteiger partial charge in [-0.05, 0) is 69.5 Å². The molecule has 0 radical (unpaired) electrons. The van der Waals surface area contributed by atoms with Crippen molar-refractivity contribution in [1.82, 2.24) is 0 Å². The van der Waals surface area contributed by atoms with Crippen LogP contribution < -0.4 is 0 Å². The van der Waals surface area contributed by atoms with Crippen LogP contribution >= 0.6 is 0 Å². The molecule has 1 rings (SSSR count). The Labute approximate surface area is 217 Å². The molecule has 35 heavy (non-hydrogen) atoms. The van der Waals surface area contributed by atoms with Crippen molar-refractivity contribution in [2.75, 3.05) is 0 Å². The molecule has 1 aliphatic rings. The van der Waals surface area contributed by atoms with Gasteiger partial charge >= 0.3 is 5.97 Å². The first kappa shape index (κ1) is 31.8. The van der Waals surface area contributed by atoms with E-state index in [4.69, 9.17) is 9.16 Å². The van der Waals surface area contributed by atoms with Crippen molar-refractivity contribution in [3.63, 3.8) is 0 Å². The second kappa shape index (κ2) is 15.1. The number of hydrogen-bond acceptors (Lipinski definition) is 4. The summed E-state index contributed by atoms with van der Waals surface area (Å²) in [5.74, 6) is 0.932. The fourth-order valence-corrected chi connectivity index (χ4v) is 5.78. The Morgan fingerprint density at radius 2 is 1.83 bits per heavy atom. The van der Waals surface area contributed by atoms with Gasteiger partial charge in [0.25, 0.3) is 0 Å². The molecular weight excluding hydrogens is 452 g/mol. The second-order valence-corrected chi connectivity index (χ2v) is 17.0. The third-order valence-corrected chi connectivity index (χ3v) is 12.1. The minimum absolute atomic E-state index is 0.0487. The number of Topliss-reactive ketones (excluding diaryl/α,β-unsaturated/α-hetero) is 1. The van der Waals surface area contributed by atoms with Crippen LogP contribution in [0.4, 0.5) is 0 Å². The minimum atomic E-state index is -1.87. The average molecular weight is 507 g/mol. The Morgan fingerprint density at radius 3 is 2.43 bits per heavy atom. The maximum absolute atomic E-state index is 12.8. The molecule has 4 atom stereocenters. The minimum Gasteiger partial charge on any atom is -0.463 e. The molecule has 0 aromatic carbocycles. The normalized spacial score (nSPS) is 22.6. The monoisotopic (exact) mass is 506 g/mol. The van der Waals surface area contributed by atoms with E-state index in [2.05, 4.69) is 72.0 Å². The summed E-state index contributed by atoms with van der Waals surface area (Å²) in [5, 5.41) is 0.180. The van der Waals surface area contributed by atoms with Crippen molar-refractivity contribution in [3.05, 3.63) is 24.3 Å². The number of unbranched alkanes of at least 4 members (excludes halogenated alkanes) is 3. The van der Waals surface area contributed by atoms with Crippen molar-refractivity contribution >= 4 is 20.1 Å². The SMILES string of the molecule is CCCCC[C@@H](/C=C/[C@H]1[C@H](C)CC(=O)[C@@H]1C/C=C\CCCC(=O)OC(C)C)O[Si](C)(C)C(C)(C)C. The van der Waals surface area contributed by atoms with Gasteiger partial charge in [-0.3, -0.25) is 9.59 Å². The summed E-state index contributed by atoms with van der Waals surface area (Å²) in [6.45, 7) is 19.7. The predicted molar refractivity (Wildman–Crippen MR) is 150 cm³/mol. The topological polar surface area (TPSA) is 52.6 Å². The number of esters is 1. The molecule has 0 N–H and O–H groups in total. The molecule has 0 aliphatic heterocycles. The van der Waals surface area contributed by atoms with Gasteiger partial charge in [0.1, 0.15) is 5.78 Å². The third kappa shape index (κ3) is 11.6. The van der Waals surface area contributed by atoms with Gasteiger partial charge in [0.2, 0.25) is 0 Å². The van der Waals surface area contributed by atoms with Gasteiger partial charge in [-0.1, -0.05) is 78.2 Å². The van der Waals surface area contributed by atoms with E-state index in [9.17, 15) is 9.59 Å². The van der Waals surface area contributed by atoms with E-state index < -0.39 is 8.32 Å². The standard InChI is InChI=1S/C30H54O4Si/c1-10-11-14-17-25(34-35(8,9)30(5,6)7)20-21-26-24(4)22-28(31)27(26)18-15-12-13-16-19-29(32)33-23(2)3/h12,15,20-21,23-27H,10-11,13-14,16-19,22H2,1-9H3/b15-12-,21-20+/t24-,25+,26+,27-/m1/s1. The van der Waals surface area contributed by atoms with E-state index in [0.717, 1.165) is 25.7 Å². The molecule has 0 bridgehead atoms. The molecule has 0 unspecified atom stereocenters. The first-order chi connectivity index (χ1) is 16.3. The Balaban J connectivity index is 2.76. The maximum Gasteiger partial charge on any atom is 0.306 e. The molecule has 1 fully saturated rings. The van der Waals surface area contributed by atoms with Crippen molar-refractivity contribution in [2.24, 2.45) is 17.8 Å². The molecule has 0 aromatic rings. The summed E-state index contributed by atoms with van der Waals surface area (Å²) in [7, 11) is -1.87. The fraction of sp³-hybridized carbons (Fsp3) is 0.800. The zero-order valence-corrected chi connectivity index (χ0v) is 25.2. The molecule has 5 heteroatoms. The van der Waals surface area contributed by atoms with Crippen LogP contribution in [-0.2, 0) is 18.8 Å². The third-order valence-electron chi connectivity index (χ3n) is 7.63. The van der Waals surface area contributed by atoms with Crippen LogP contribution in [0.5, 0.6) is 0 Å². The smallest absolute Gasteiger partial charge is 0.306 e. The van der Waals surface area contributed by atoms with Crippen LogP contribution in [0.15, 0.2) is 24.3 Å². The highest BCUT2D eigenvalue weighted by atomic mass is 28.4. The number of hydrogen-bond donors (Lipinski definition) is 0. The molecule has 0 amide bonds. The summed E-state index contributed by atoms with van der Waals surface area (Å²) in [6.07, 6.45) is 17.1. The van der Waals surface area contributed by atoms with Gasteiger partial charge in [0.15, 0.2) is 8.32 Å². The van der Waals surface area contributed by atoms with Crippen LogP contribution in [0.3, 0.4) is 0 Å². The number of ketones is 1. The average Bonchev–Trinajstić information content (AvgIpc) is 2.99. The van der Waals surface area contributed by atoms with E-state index in [0.29, 0.717) is 24.5 Å². The van der Waals surface area contributed by atoms with Crippen molar-refractivity contribution in [1.29, 1.82) is 0 Å². The lowest BCUT2D eigenvalue weighted by molar-refractivity contribution is -0.147. The highest BCUT2D eigenvalue weighted by Gasteiger charge is 2.40. The Morgan fingerprint density at radius 1 is 1.14 bits per heavy atom. The number of rotatable bonds is 15. The van der Waals surface area contributed by atoms with Gasteiger partial charge in [-0.25, -0.2) is 0 Å². The van der Waals surface area contributed by atoms with Crippen LogP contribution in [-0.4, -0.2) is 32.3 Å². The van der Waals surface area contributed by atoms with Gasteiger partial charge in [0.05, 0.1) is 12.2 Å². The van der Waals surface area contributed by atoms with E-state index >= 15 is 0 Å². The number of allylic oxidation sites excluding steroid dienone is 3. The molecule has 202 valence electrons. The number of carbonyl (C=O) groups is 2. The first-order valence-corrected chi connectivity index (χ1v) is 16.9. The molecule has 4 nitrogen and oxygen atoms in total. The first-order valence-electron chi connectivity index (χ1n) is 14.0. The van der Waals surface area contributed by atoms with Crippen molar-refractivity contribution in [3.8, 4) is 0 Å². The summed E-state index contributed by atoms with van der Waals surface area (Å²) >= 11 is 0. The highest BCUT2D eigenvalue weighted by molar-refractivity contribution is 6.74. The van der Waals surface area contributed by atoms with E-state index in [-0.39, 0.29) is 35.1 Å². The van der Waals surface area contributed by atoms with Gasteiger partial charge in [-0.15, -0.1) is 0 Å². The highest BCUT2D eigenvalue weighted by Crippen LogP contribution is 2.40. The molecule has 0 spiro atoms. The molecule has 0 heterocycles. The zero-order valence-electron chi connectivity index (χ0n) is 24.2. The van der Waals surface area contributed by atoms with Gasteiger partial charge in [0, 0.05) is 18.8 Å². The molecular formula is C30H54O4Si. The summed E-state index contributed by atoms with van der Waals surface area (Å²) in [6, 6.07) is 0. The lowest BCUT2D eigenvalue weighted by Gasteiger charge is -2.39. The van der Waals surface area contributed by atoms with Crippen LogP contribution in [0.1, 0.15) is 106 Å². The zero-order chi connectivity index (χ0) is 26.6. The summed E-state index contributed by atoms with van der Waals surface area (Å²) in [4.78, 5) is 24.4. The fourth-order valence-electron chi connectivity index (χ4n) is 4.47. The van der Waals surface area contributed by atoms with E-state index in [1.807, 2.05) is 13.8 Å². The lowest BCUT2D eigenvalue weighted by Crippen LogP contribution is -2.43. The molecule has 0 saturated heterocycles. The van der Waals surface area contributed by atoms with Crippen molar-refractivity contribution < 1.29 is 18.8 Å². The maximum atomic E-state index is 12.8. The second-order valence-electron chi connectivity index (χ2n) is 12.3. The van der Waals surface area contributed by atoms with Gasteiger partial charge < -0.3 is 9.16 Å². The van der Waals surface area contributed by atoms with Crippen LogP contribution in [0, 0.1) is 17.8 Å². The molecule has 0 aromatic heterocycles. The number of carbonyl (C=O) groups excluding carboxylic acids is 2. The summed E-state index contributed by atoms with van der Waals surface area (Å²) < 4.78 is 12.0. The van der Waals surface area contributed by atoms with Crippen molar-refractivity contribution in [2.45, 2.75) is 137 Å². The quantitative estimate of drug-likeness (QED) is 0.0968. The lowest BCUT2D eigenvalue weighted by atomic mass is 9.87. The van der Waals surface area contributed by atoms with Crippen LogP contribution in [0.25, 0.3) is 0 Å². The largest absolute Gasteiger partial charge is 0.463 e.